The molecule has 0 saturated heterocycles. The highest BCUT2D eigenvalue weighted by atomic mass is 16.3. The topological polar surface area (TPSA) is 69.6 Å². The van der Waals surface area contributed by atoms with E-state index in [9.17, 15) is 15.0 Å². The van der Waals surface area contributed by atoms with Gasteiger partial charge in [0.05, 0.1) is 18.8 Å². The Balaban J connectivity index is 3.57. The highest BCUT2D eigenvalue weighted by molar-refractivity contribution is 5.76. The fourth-order valence-electron chi connectivity index (χ4n) is 9.86. The van der Waals surface area contributed by atoms with E-state index in [1.807, 2.05) is 6.08 Å². The first kappa shape index (κ1) is 74.8. The first-order valence-electron chi connectivity index (χ1n) is 33.7. The minimum atomic E-state index is -0.877. The van der Waals surface area contributed by atoms with E-state index in [0.29, 0.717) is 6.42 Å². The zero-order valence-electron chi connectivity index (χ0n) is 51.7. The van der Waals surface area contributed by atoms with Gasteiger partial charge in [0, 0.05) is 6.42 Å². The Bertz CT molecular complexity index is 1510. The average Bonchev–Trinajstić information content (AvgIpc) is 3.44. The van der Waals surface area contributed by atoms with Crippen LogP contribution in [0.3, 0.4) is 0 Å². The molecule has 0 aliphatic rings. The van der Waals surface area contributed by atoms with Crippen LogP contribution in [0.25, 0.3) is 0 Å². The molecule has 0 rings (SSSR count). The number of aliphatic hydroxyl groups excluding tert-OH is 2. The second-order valence-electron chi connectivity index (χ2n) is 22.5. The van der Waals surface area contributed by atoms with Crippen molar-refractivity contribution in [1.29, 1.82) is 0 Å². The molecule has 0 bridgehead atoms. The van der Waals surface area contributed by atoms with Crippen molar-refractivity contribution in [3.8, 4) is 0 Å². The Labute approximate surface area is 486 Å². The van der Waals surface area contributed by atoms with E-state index < -0.39 is 12.1 Å². The zero-order valence-corrected chi connectivity index (χ0v) is 51.7. The van der Waals surface area contributed by atoms with Gasteiger partial charge in [0.25, 0.3) is 0 Å². The van der Waals surface area contributed by atoms with Crippen molar-refractivity contribution in [3.05, 3.63) is 122 Å². The standard InChI is InChI=1S/C74H129NO3/c1-3-5-7-9-11-13-15-17-19-21-23-25-27-29-31-33-35-37-39-41-43-45-47-49-51-53-55-57-59-61-63-65-67-69-73(77)72(71-76)75-74(78)70-68-66-64-62-60-58-56-54-52-50-48-46-44-42-40-38-36-34-32-30-28-26-24-22-20-18-16-14-12-10-8-6-4-2/h6,8,12,14,18,20,24,26,30,32,36,38,42,44,48,50,59,61,67,69,72-73,76-77H,3-5,7,9-11,13,15-17,19,21-23,25,27-29,31,33-35,37,39-41,43,45-47,49,51-58,60,62-66,68,70-71H2,1-2H3,(H,75,78)/b8-6-,14-12-,20-18-,26-24-,32-30-,38-36-,44-42-,50-48-,61-59+,69-67+. The monoisotopic (exact) mass is 1080 g/mol. The number of allylic oxidation sites excluding steroid dienone is 19. The largest absolute Gasteiger partial charge is 0.394 e. The Morgan fingerprint density at radius 2 is 0.577 bits per heavy atom. The van der Waals surface area contributed by atoms with Gasteiger partial charge in [-0.25, -0.2) is 0 Å². The maximum atomic E-state index is 12.5. The Kier molecular flexibility index (Phi) is 65.3. The van der Waals surface area contributed by atoms with E-state index in [-0.39, 0.29) is 12.5 Å². The lowest BCUT2D eigenvalue weighted by molar-refractivity contribution is -0.123. The van der Waals surface area contributed by atoms with Gasteiger partial charge in [-0.2, -0.15) is 0 Å². The SMILES string of the molecule is CC/C=C\C/C=C\C/C=C\C/C=C\C/C=C\C/C=C\C/C=C\C/C=C\CCCCCCCCCCC(=O)NC(CO)C(O)/C=C/CC/C=C/CCCCCCCCCCCCCCCCCCCCCCCCCCCCC. The maximum absolute atomic E-state index is 12.5. The van der Waals surface area contributed by atoms with Gasteiger partial charge in [-0.05, 0) is 96.3 Å². The van der Waals surface area contributed by atoms with E-state index >= 15 is 0 Å². The summed E-state index contributed by atoms with van der Waals surface area (Å²) in [5.74, 6) is -0.0842. The third-order valence-electron chi connectivity index (χ3n) is 14.9. The van der Waals surface area contributed by atoms with Crippen LogP contribution < -0.4 is 5.32 Å². The first-order valence-corrected chi connectivity index (χ1v) is 33.7. The van der Waals surface area contributed by atoms with Gasteiger partial charge in [-0.3, -0.25) is 4.79 Å². The molecule has 0 saturated carbocycles. The van der Waals surface area contributed by atoms with E-state index in [0.717, 1.165) is 96.3 Å². The highest BCUT2D eigenvalue weighted by Crippen LogP contribution is 2.17. The molecule has 4 heteroatoms. The van der Waals surface area contributed by atoms with Gasteiger partial charge in [-0.15, -0.1) is 0 Å². The summed E-state index contributed by atoms with van der Waals surface area (Å²) >= 11 is 0. The van der Waals surface area contributed by atoms with Crippen molar-refractivity contribution in [1.82, 2.24) is 5.32 Å². The number of hydrogen-bond donors (Lipinski definition) is 3. The van der Waals surface area contributed by atoms with Crippen LogP contribution in [0, 0.1) is 0 Å². The normalized spacial score (nSPS) is 13.5. The minimum absolute atomic E-state index is 0.0842. The van der Waals surface area contributed by atoms with Crippen LogP contribution >= 0.6 is 0 Å². The number of carbonyl (C=O) groups is 1. The summed E-state index contributed by atoms with van der Waals surface area (Å²) in [7, 11) is 0. The molecule has 448 valence electrons. The molecule has 0 aromatic heterocycles. The van der Waals surface area contributed by atoms with Crippen LogP contribution in [-0.2, 0) is 4.79 Å². The number of hydrogen-bond acceptors (Lipinski definition) is 3. The number of unbranched alkanes of at least 4 members (excludes halogenated alkanes) is 36. The second-order valence-corrected chi connectivity index (χ2v) is 22.5. The number of rotatable bonds is 61. The van der Waals surface area contributed by atoms with Crippen molar-refractivity contribution >= 4 is 5.91 Å². The van der Waals surface area contributed by atoms with Crippen LogP contribution in [0.2, 0.25) is 0 Å². The van der Waals surface area contributed by atoms with Crippen LogP contribution in [0.15, 0.2) is 122 Å². The van der Waals surface area contributed by atoms with E-state index in [4.69, 9.17) is 0 Å². The zero-order chi connectivity index (χ0) is 56.2. The molecule has 1 amide bonds. The molecule has 0 radical (unpaired) electrons. The quantitative estimate of drug-likeness (QED) is 0.0420. The summed E-state index contributed by atoms with van der Waals surface area (Å²) in [5, 5.41) is 23.2. The molecule has 78 heavy (non-hydrogen) atoms. The molecule has 2 atom stereocenters. The van der Waals surface area contributed by atoms with Gasteiger partial charge < -0.3 is 15.5 Å². The fraction of sp³-hybridized carbons (Fsp3) is 0.716. The van der Waals surface area contributed by atoms with Gasteiger partial charge in [-0.1, -0.05) is 341 Å². The molecule has 0 aliphatic carbocycles. The molecule has 0 fully saturated rings. The van der Waals surface area contributed by atoms with Crippen LogP contribution in [-0.4, -0.2) is 34.9 Å². The summed E-state index contributed by atoms with van der Waals surface area (Å²) in [6, 6.07) is -0.655. The van der Waals surface area contributed by atoms with Gasteiger partial charge in [0.2, 0.25) is 5.91 Å². The highest BCUT2D eigenvalue weighted by Gasteiger charge is 2.18. The molecule has 2 unspecified atom stereocenters. The molecule has 0 heterocycles. The third-order valence-corrected chi connectivity index (χ3v) is 14.9. The minimum Gasteiger partial charge on any atom is -0.394 e. The molecule has 0 aromatic rings. The van der Waals surface area contributed by atoms with E-state index in [1.54, 1.807) is 6.08 Å². The number of amides is 1. The van der Waals surface area contributed by atoms with Crippen molar-refractivity contribution in [2.75, 3.05) is 6.61 Å². The summed E-state index contributed by atoms with van der Waals surface area (Å²) in [4.78, 5) is 12.5. The molecule has 0 aliphatic heterocycles. The summed E-state index contributed by atoms with van der Waals surface area (Å²) < 4.78 is 0. The lowest BCUT2D eigenvalue weighted by Gasteiger charge is -2.19. The lowest BCUT2D eigenvalue weighted by atomic mass is 10.0. The van der Waals surface area contributed by atoms with Gasteiger partial charge >= 0.3 is 0 Å². The van der Waals surface area contributed by atoms with Crippen LogP contribution in [0.4, 0.5) is 0 Å². The van der Waals surface area contributed by atoms with Crippen molar-refractivity contribution in [3.63, 3.8) is 0 Å². The third kappa shape index (κ3) is 63.6. The predicted molar refractivity (Wildman–Crippen MR) is 349 cm³/mol. The van der Waals surface area contributed by atoms with E-state index in [1.165, 1.54) is 205 Å². The van der Waals surface area contributed by atoms with E-state index in [2.05, 4.69) is 129 Å². The Hall–Kier alpha value is -3.21. The Morgan fingerprint density at radius 1 is 0.321 bits per heavy atom. The molecule has 3 N–H and O–H groups in total. The fourth-order valence-corrected chi connectivity index (χ4v) is 9.86. The molecule has 0 spiro atoms. The average molecular weight is 1080 g/mol. The van der Waals surface area contributed by atoms with Crippen LogP contribution in [0.5, 0.6) is 0 Å². The number of nitrogens with one attached hydrogen (secondary N) is 1. The van der Waals surface area contributed by atoms with Crippen molar-refractivity contribution < 1.29 is 15.0 Å². The first-order chi connectivity index (χ1) is 38.7. The molecular formula is C74H129NO3. The van der Waals surface area contributed by atoms with Gasteiger partial charge in [0.15, 0.2) is 0 Å². The maximum Gasteiger partial charge on any atom is 0.220 e. The second kappa shape index (κ2) is 68.1. The summed E-state index contributed by atoms with van der Waals surface area (Å²) in [5.41, 5.74) is 0. The van der Waals surface area contributed by atoms with Crippen molar-refractivity contribution in [2.24, 2.45) is 0 Å². The van der Waals surface area contributed by atoms with Crippen LogP contribution in [0.1, 0.15) is 322 Å². The predicted octanol–water partition coefficient (Wildman–Crippen LogP) is 23.2. The van der Waals surface area contributed by atoms with Crippen molar-refractivity contribution in [2.45, 2.75) is 334 Å². The Morgan fingerprint density at radius 3 is 0.897 bits per heavy atom. The molecular weight excluding hydrogens is 951 g/mol. The lowest BCUT2D eigenvalue weighted by Crippen LogP contribution is -2.45. The number of aliphatic hydroxyl groups is 2. The number of carbonyl (C=O) groups excluding carboxylic acids is 1. The smallest absolute Gasteiger partial charge is 0.220 e. The molecule has 0 aromatic carbocycles. The van der Waals surface area contributed by atoms with Gasteiger partial charge in [0.1, 0.15) is 0 Å². The summed E-state index contributed by atoms with van der Waals surface area (Å²) in [6.07, 6.45) is 104. The molecule has 4 nitrogen and oxygen atoms in total. The summed E-state index contributed by atoms with van der Waals surface area (Å²) in [6.45, 7) is 4.20.